The van der Waals surface area contributed by atoms with Crippen LogP contribution in [0.25, 0.3) is 11.4 Å². The molecular weight excluding hydrogens is 254 g/mol. The van der Waals surface area contributed by atoms with Crippen LogP contribution in [0.2, 0.25) is 0 Å². The standard InChI is InChI=1S/C15H19N3O2/c1-5-11-9(2)14(16)18-15(17-11)10-7-6-8-12(19-3)13(10)20-4/h6-8H,5H2,1-4H3,(H2,16,17,18). The number of nitrogen functional groups attached to an aromatic ring is 1. The molecular formula is C15H19N3O2. The summed E-state index contributed by atoms with van der Waals surface area (Å²) >= 11 is 0. The van der Waals surface area contributed by atoms with E-state index >= 15 is 0 Å². The molecule has 2 aromatic rings. The number of para-hydroxylation sites is 1. The minimum atomic E-state index is 0.497. The van der Waals surface area contributed by atoms with Crippen molar-refractivity contribution in [2.75, 3.05) is 20.0 Å². The minimum absolute atomic E-state index is 0.497. The molecule has 1 aromatic carbocycles. The molecule has 0 fully saturated rings. The molecule has 0 aliphatic heterocycles. The molecule has 5 nitrogen and oxygen atoms in total. The maximum Gasteiger partial charge on any atom is 0.171 e. The summed E-state index contributed by atoms with van der Waals surface area (Å²) in [5.41, 5.74) is 8.62. The lowest BCUT2D eigenvalue weighted by Gasteiger charge is -2.13. The highest BCUT2D eigenvalue weighted by Crippen LogP contribution is 2.36. The van der Waals surface area contributed by atoms with Crippen molar-refractivity contribution < 1.29 is 9.47 Å². The van der Waals surface area contributed by atoms with Crippen LogP contribution in [0.4, 0.5) is 5.82 Å². The Hall–Kier alpha value is -2.30. The van der Waals surface area contributed by atoms with Gasteiger partial charge in [0.2, 0.25) is 0 Å². The van der Waals surface area contributed by atoms with Gasteiger partial charge in [0.25, 0.3) is 0 Å². The summed E-state index contributed by atoms with van der Waals surface area (Å²) in [6.45, 7) is 3.97. The van der Waals surface area contributed by atoms with Crippen LogP contribution in [-0.2, 0) is 6.42 Å². The van der Waals surface area contributed by atoms with E-state index in [-0.39, 0.29) is 0 Å². The predicted octanol–water partition coefficient (Wildman–Crippen LogP) is 2.61. The molecule has 0 unspecified atom stereocenters. The summed E-state index contributed by atoms with van der Waals surface area (Å²) in [6, 6.07) is 5.60. The summed E-state index contributed by atoms with van der Waals surface area (Å²) < 4.78 is 10.7. The number of benzene rings is 1. The summed E-state index contributed by atoms with van der Waals surface area (Å²) in [5.74, 6) is 2.31. The molecule has 2 N–H and O–H groups in total. The molecule has 20 heavy (non-hydrogen) atoms. The molecule has 0 saturated carbocycles. The normalized spacial score (nSPS) is 10.4. The average Bonchev–Trinajstić information content (AvgIpc) is 2.48. The zero-order valence-corrected chi connectivity index (χ0v) is 12.2. The van der Waals surface area contributed by atoms with E-state index in [4.69, 9.17) is 15.2 Å². The minimum Gasteiger partial charge on any atom is -0.493 e. The highest BCUT2D eigenvalue weighted by atomic mass is 16.5. The van der Waals surface area contributed by atoms with Gasteiger partial charge in [-0.3, -0.25) is 0 Å². The van der Waals surface area contributed by atoms with Gasteiger partial charge >= 0.3 is 0 Å². The Morgan fingerprint density at radius 1 is 1.15 bits per heavy atom. The SMILES string of the molecule is CCc1nc(-c2cccc(OC)c2OC)nc(N)c1C. The number of anilines is 1. The first-order chi connectivity index (χ1) is 9.62. The lowest BCUT2D eigenvalue weighted by Crippen LogP contribution is -2.05. The number of methoxy groups -OCH3 is 2. The number of nitrogens with zero attached hydrogens (tertiary/aromatic N) is 2. The molecule has 0 aliphatic rings. The summed E-state index contributed by atoms with van der Waals surface area (Å²) in [5, 5.41) is 0. The third-order valence-corrected chi connectivity index (χ3v) is 3.26. The lowest BCUT2D eigenvalue weighted by atomic mass is 10.1. The Bertz CT molecular complexity index is 627. The maximum atomic E-state index is 5.97. The van der Waals surface area contributed by atoms with E-state index in [0.717, 1.165) is 23.2 Å². The van der Waals surface area contributed by atoms with E-state index in [1.165, 1.54) is 0 Å². The van der Waals surface area contributed by atoms with Crippen molar-refractivity contribution in [3.05, 3.63) is 29.5 Å². The highest BCUT2D eigenvalue weighted by molar-refractivity contribution is 5.70. The number of rotatable bonds is 4. The van der Waals surface area contributed by atoms with Gasteiger partial charge in [0, 0.05) is 11.3 Å². The van der Waals surface area contributed by atoms with E-state index in [9.17, 15) is 0 Å². The second kappa shape index (κ2) is 5.77. The molecule has 0 bridgehead atoms. The molecule has 0 spiro atoms. The van der Waals surface area contributed by atoms with Gasteiger partial charge in [0.15, 0.2) is 17.3 Å². The van der Waals surface area contributed by atoms with Crippen molar-refractivity contribution in [1.29, 1.82) is 0 Å². The van der Waals surface area contributed by atoms with E-state index < -0.39 is 0 Å². The van der Waals surface area contributed by atoms with Crippen molar-refractivity contribution in [2.24, 2.45) is 0 Å². The third kappa shape index (κ3) is 2.39. The molecule has 0 saturated heterocycles. The average molecular weight is 273 g/mol. The van der Waals surface area contributed by atoms with E-state index in [0.29, 0.717) is 23.1 Å². The topological polar surface area (TPSA) is 70.3 Å². The van der Waals surface area contributed by atoms with E-state index in [1.807, 2.05) is 32.0 Å². The lowest BCUT2D eigenvalue weighted by molar-refractivity contribution is 0.356. The number of ether oxygens (including phenoxy) is 2. The molecule has 0 atom stereocenters. The number of hydrogen-bond donors (Lipinski definition) is 1. The van der Waals surface area contributed by atoms with Crippen molar-refractivity contribution in [2.45, 2.75) is 20.3 Å². The summed E-state index contributed by atoms with van der Waals surface area (Å²) in [4.78, 5) is 8.95. The van der Waals surface area contributed by atoms with Crippen molar-refractivity contribution in [3.8, 4) is 22.9 Å². The third-order valence-electron chi connectivity index (χ3n) is 3.26. The molecule has 0 amide bonds. The molecule has 0 radical (unpaired) electrons. The number of aromatic nitrogens is 2. The number of aryl methyl sites for hydroxylation is 1. The largest absolute Gasteiger partial charge is 0.493 e. The van der Waals surface area contributed by atoms with E-state index in [1.54, 1.807) is 14.2 Å². The van der Waals surface area contributed by atoms with Crippen LogP contribution in [0.3, 0.4) is 0 Å². The van der Waals surface area contributed by atoms with Gasteiger partial charge in [-0.05, 0) is 25.5 Å². The first kappa shape index (κ1) is 14.1. The molecule has 5 heteroatoms. The molecule has 106 valence electrons. The zero-order valence-electron chi connectivity index (χ0n) is 12.2. The Balaban J connectivity index is 2.65. The summed E-state index contributed by atoms with van der Waals surface area (Å²) in [7, 11) is 3.20. The highest BCUT2D eigenvalue weighted by Gasteiger charge is 2.16. The fourth-order valence-electron chi connectivity index (χ4n) is 2.11. The fourth-order valence-corrected chi connectivity index (χ4v) is 2.11. The Labute approximate surface area is 118 Å². The summed E-state index contributed by atoms with van der Waals surface area (Å²) in [6.07, 6.45) is 0.803. The van der Waals surface area contributed by atoms with Crippen molar-refractivity contribution in [3.63, 3.8) is 0 Å². The van der Waals surface area contributed by atoms with Crippen LogP contribution in [0.1, 0.15) is 18.2 Å². The molecule has 1 heterocycles. The first-order valence-electron chi connectivity index (χ1n) is 6.46. The Morgan fingerprint density at radius 3 is 2.50 bits per heavy atom. The zero-order chi connectivity index (χ0) is 14.7. The second-order valence-corrected chi connectivity index (χ2v) is 4.40. The first-order valence-corrected chi connectivity index (χ1v) is 6.46. The van der Waals surface area contributed by atoms with Crippen LogP contribution in [0.15, 0.2) is 18.2 Å². The van der Waals surface area contributed by atoms with Crippen LogP contribution in [-0.4, -0.2) is 24.2 Å². The fraction of sp³-hybridized carbons (Fsp3) is 0.333. The van der Waals surface area contributed by atoms with Gasteiger partial charge in [0.05, 0.1) is 19.8 Å². The predicted molar refractivity (Wildman–Crippen MR) is 79.1 cm³/mol. The quantitative estimate of drug-likeness (QED) is 0.927. The molecule has 2 rings (SSSR count). The van der Waals surface area contributed by atoms with Gasteiger partial charge in [-0.2, -0.15) is 0 Å². The monoisotopic (exact) mass is 273 g/mol. The Kier molecular flexibility index (Phi) is 4.08. The molecule has 1 aromatic heterocycles. The Morgan fingerprint density at radius 2 is 1.90 bits per heavy atom. The van der Waals surface area contributed by atoms with Crippen molar-refractivity contribution >= 4 is 5.82 Å². The number of nitrogens with two attached hydrogens (primary N) is 1. The van der Waals surface area contributed by atoms with Gasteiger partial charge < -0.3 is 15.2 Å². The van der Waals surface area contributed by atoms with E-state index in [2.05, 4.69) is 9.97 Å². The van der Waals surface area contributed by atoms with Crippen LogP contribution in [0, 0.1) is 6.92 Å². The van der Waals surface area contributed by atoms with Crippen molar-refractivity contribution in [1.82, 2.24) is 9.97 Å². The van der Waals surface area contributed by atoms with Crippen LogP contribution >= 0.6 is 0 Å². The van der Waals surface area contributed by atoms with Crippen LogP contribution in [0.5, 0.6) is 11.5 Å². The smallest absolute Gasteiger partial charge is 0.171 e. The number of hydrogen-bond acceptors (Lipinski definition) is 5. The van der Waals surface area contributed by atoms with Gasteiger partial charge in [-0.1, -0.05) is 13.0 Å². The second-order valence-electron chi connectivity index (χ2n) is 4.40. The van der Waals surface area contributed by atoms with Gasteiger partial charge in [-0.15, -0.1) is 0 Å². The van der Waals surface area contributed by atoms with Gasteiger partial charge in [-0.25, -0.2) is 9.97 Å². The van der Waals surface area contributed by atoms with Crippen LogP contribution < -0.4 is 15.2 Å². The molecule has 0 aliphatic carbocycles. The van der Waals surface area contributed by atoms with Gasteiger partial charge in [0.1, 0.15) is 5.82 Å². The maximum absolute atomic E-state index is 5.97.